The van der Waals surface area contributed by atoms with Crippen LogP contribution in [0.1, 0.15) is 18.4 Å². The standard InChI is InChI=1S/C19H20Cl2N2O/c20-16-9-17(21)11-18(10-16)22-19(24)15-7-4-8-23(13-15)12-14-5-2-1-3-6-14/h1-3,5-6,9-11,15H,4,7-8,12-13H2,(H,22,24)/t15-/m1/s1. The van der Waals surface area contributed by atoms with Crippen molar-refractivity contribution in [3.8, 4) is 0 Å². The maximum Gasteiger partial charge on any atom is 0.228 e. The van der Waals surface area contributed by atoms with Gasteiger partial charge in [0, 0.05) is 28.8 Å². The van der Waals surface area contributed by atoms with E-state index in [2.05, 4.69) is 22.3 Å². The number of carbonyl (C=O) groups excluding carboxylic acids is 1. The number of anilines is 1. The van der Waals surface area contributed by atoms with E-state index in [1.807, 2.05) is 18.2 Å². The average molecular weight is 363 g/mol. The molecule has 1 aliphatic heterocycles. The zero-order valence-corrected chi connectivity index (χ0v) is 14.9. The summed E-state index contributed by atoms with van der Waals surface area (Å²) in [5, 5.41) is 3.98. The van der Waals surface area contributed by atoms with E-state index in [9.17, 15) is 4.79 Å². The summed E-state index contributed by atoms with van der Waals surface area (Å²) in [7, 11) is 0. The van der Waals surface area contributed by atoms with Crippen LogP contribution in [0.2, 0.25) is 10.0 Å². The summed E-state index contributed by atoms with van der Waals surface area (Å²) >= 11 is 12.0. The first-order valence-corrected chi connectivity index (χ1v) is 8.89. The molecule has 0 radical (unpaired) electrons. The first kappa shape index (κ1) is 17.3. The van der Waals surface area contributed by atoms with Crippen molar-refractivity contribution in [2.75, 3.05) is 18.4 Å². The van der Waals surface area contributed by atoms with Crippen LogP contribution in [0.25, 0.3) is 0 Å². The van der Waals surface area contributed by atoms with Gasteiger partial charge in [-0.15, -0.1) is 0 Å². The third-order valence-corrected chi connectivity index (χ3v) is 4.69. The molecule has 2 aromatic rings. The van der Waals surface area contributed by atoms with Crippen LogP contribution in [0.5, 0.6) is 0 Å². The molecule has 1 atom stereocenters. The molecule has 0 aliphatic carbocycles. The van der Waals surface area contributed by atoms with Crippen molar-refractivity contribution in [2.45, 2.75) is 19.4 Å². The molecule has 1 heterocycles. The zero-order valence-electron chi connectivity index (χ0n) is 13.3. The van der Waals surface area contributed by atoms with Gasteiger partial charge in [0.15, 0.2) is 0 Å². The van der Waals surface area contributed by atoms with Crippen LogP contribution >= 0.6 is 23.2 Å². The van der Waals surface area contributed by atoms with Crippen LogP contribution in [0, 0.1) is 5.92 Å². The predicted octanol–water partition coefficient (Wildman–Crippen LogP) is 4.84. The van der Waals surface area contributed by atoms with Gasteiger partial charge in [-0.2, -0.15) is 0 Å². The lowest BCUT2D eigenvalue weighted by atomic mass is 9.96. The number of carbonyl (C=O) groups is 1. The summed E-state index contributed by atoms with van der Waals surface area (Å²) in [5.74, 6) is 0.0197. The van der Waals surface area contributed by atoms with Crippen LogP contribution < -0.4 is 5.32 Å². The number of rotatable bonds is 4. The van der Waals surface area contributed by atoms with Crippen molar-refractivity contribution >= 4 is 34.8 Å². The topological polar surface area (TPSA) is 32.3 Å². The molecule has 1 saturated heterocycles. The van der Waals surface area contributed by atoms with Gasteiger partial charge in [-0.1, -0.05) is 53.5 Å². The van der Waals surface area contributed by atoms with E-state index in [0.717, 1.165) is 32.5 Å². The molecule has 1 N–H and O–H groups in total. The van der Waals surface area contributed by atoms with Gasteiger partial charge in [-0.25, -0.2) is 0 Å². The molecule has 126 valence electrons. The number of amides is 1. The van der Waals surface area contributed by atoms with E-state index >= 15 is 0 Å². The van der Waals surface area contributed by atoms with Crippen LogP contribution in [-0.2, 0) is 11.3 Å². The van der Waals surface area contributed by atoms with Crippen LogP contribution in [0.3, 0.4) is 0 Å². The molecule has 0 bridgehead atoms. The van der Waals surface area contributed by atoms with Crippen LogP contribution in [0.15, 0.2) is 48.5 Å². The number of hydrogen-bond acceptors (Lipinski definition) is 2. The monoisotopic (exact) mass is 362 g/mol. The fourth-order valence-electron chi connectivity index (χ4n) is 3.13. The summed E-state index contributed by atoms with van der Waals surface area (Å²) in [6.45, 7) is 2.68. The number of nitrogens with one attached hydrogen (secondary N) is 1. The molecule has 2 aromatic carbocycles. The van der Waals surface area contributed by atoms with Crippen LogP contribution in [0.4, 0.5) is 5.69 Å². The average Bonchev–Trinajstić information content (AvgIpc) is 2.55. The smallest absolute Gasteiger partial charge is 0.228 e. The zero-order chi connectivity index (χ0) is 16.9. The van der Waals surface area contributed by atoms with Crippen molar-refractivity contribution < 1.29 is 4.79 Å². The lowest BCUT2D eigenvalue weighted by Crippen LogP contribution is -2.40. The lowest BCUT2D eigenvalue weighted by Gasteiger charge is -2.32. The molecule has 0 saturated carbocycles. The minimum Gasteiger partial charge on any atom is -0.326 e. The van der Waals surface area contributed by atoms with E-state index < -0.39 is 0 Å². The first-order chi connectivity index (χ1) is 11.6. The Hall–Kier alpha value is -1.55. The van der Waals surface area contributed by atoms with E-state index in [-0.39, 0.29) is 11.8 Å². The van der Waals surface area contributed by atoms with Crippen molar-refractivity contribution in [1.29, 1.82) is 0 Å². The van der Waals surface area contributed by atoms with Crippen molar-refractivity contribution in [2.24, 2.45) is 5.92 Å². The van der Waals surface area contributed by atoms with Gasteiger partial charge in [0.2, 0.25) is 5.91 Å². The summed E-state index contributed by atoms with van der Waals surface area (Å²) in [5.41, 5.74) is 1.93. The molecule has 0 aromatic heterocycles. The van der Waals surface area contributed by atoms with Gasteiger partial charge in [-0.05, 0) is 43.1 Å². The number of likely N-dealkylation sites (tertiary alicyclic amines) is 1. The summed E-state index contributed by atoms with van der Waals surface area (Å²) in [4.78, 5) is 14.9. The molecule has 3 nitrogen and oxygen atoms in total. The molecule has 1 fully saturated rings. The van der Waals surface area contributed by atoms with Gasteiger partial charge >= 0.3 is 0 Å². The van der Waals surface area contributed by atoms with Gasteiger partial charge in [0.25, 0.3) is 0 Å². The maximum atomic E-state index is 12.6. The van der Waals surface area contributed by atoms with Crippen molar-refractivity contribution in [3.05, 3.63) is 64.1 Å². The third kappa shape index (κ3) is 4.73. The highest BCUT2D eigenvalue weighted by molar-refractivity contribution is 6.35. The highest BCUT2D eigenvalue weighted by Crippen LogP contribution is 2.24. The van der Waals surface area contributed by atoms with Gasteiger partial charge < -0.3 is 5.32 Å². The molecule has 1 amide bonds. The predicted molar refractivity (Wildman–Crippen MR) is 99.5 cm³/mol. The summed E-state index contributed by atoms with van der Waals surface area (Å²) in [6, 6.07) is 15.5. The molecule has 5 heteroatoms. The number of piperidine rings is 1. The Kier molecular flexibility index (Phi) is 5.77. The fourth-order valence-corrected chi connectivity index (χ4v) is 3.65. The second-order valence-corrected chi connectivity index (χ2v) is 7.08. The van der Waals surface area contributed by atoms with Gasteiger partial charge in [-0.3, -0.25) is 9.69 Å². The largest absolute Gasteiger partial charge is 0.326 e. The molecular weight excluding hydrogens is 343 g/mol. The van der Waals surface area contributed by atoms with E-state index in [1.54, 1.807) is 18.2 Å². The van der Waals surface area contributed by atoms with E-state index in [0.29, 0.717) is 15.7 Å². The highest BCUT2D eigenvalue weighted by Gasteiger charge is 2.25. The Labute approximate surface area is 152 Å². The second kappa shape index (κ2) is 8.02. The Bertz CT molecular complexity index is 686. The molecular formula is C19H20Cl2N2O. The number of halogens is 2. The quantitative estimate of drug-likeness (QED) is 0.843. The molecule has 3 rings (SSSR count). The minimum absolute atomic E-state index is 0.0137. The van der Waals surface area contributed by atoms with Crippen LogP contribution in [-0.4, -0.2) is 23.9 Å². The maximum absolute atomic E-state index is 12.6. The Morgan fingerprint density at radius 2 is 1.83 bits per heavy atom. The molecule has 1 aliphatic rings. The molecule has 0 unspecified atom stereocenters. The fraction of sp³-hybridized carbons (Fsp3) is 0.316. The lowest BCUT2D eigenvalue weighted by molar-refractivity contribution is -0.121. The van der Waals surface area contributed by atoms with E-state index in [4.69, 9.17) is 23.2 Å². The number of hydrogen-bond donors (Lipinski definition) is 1. The number of benzene rings is 2. The summed E-state index contributed by atoms with van der Waals surface area (Å²) < 4.78 is 0. The third-order valence-electron chi connectivity index (χ3n) is 4.26. The first-order valence-electron chi connectivity index (χ1n) is 8.13. The SMILES string of the molecule is O=C(Nc1cc(Cl)cc(Cl)c1)[C@@H]1CCCN(Cc2ccccc2)C1. The normalized spacial score (nSPS) is 18.3. The van der Waals surface area contributed by atoms with Crippen molar-refractivity contribution in [1.82, 2.24) is 4.90 Å². The van der Waals surface area contributed by atoms with Gasteiger partial charge in [0.05, 0.1) is 5.92 Å². The van der Waals surface area contributed by atoms with Crippen molar-refractivity contribution in [3.63, 3.8) is 0 Å². The second-order valence-electron chi connectivity index (χ2n) is 6.21. The minimum atomic E-state index is -0.0137. The van der Waals surface area contributed by atoms with Gasteiger partial charge in [0.1, 0.15) is 0 Å². The Morgan fingerprint density at radius 3 is 2.54 bits per heavy atom. The summed E-state index contributed by atoms with van der Waals surface area (Å²) in [6.07, 6.45) is 1.94. The Balaban J connectivity index is 1.60. The highest BCUT2D eigenvalue weighted by atomic mass is 35.5. The number of nitrogens with zero attached hydrogens (tertiary/aromatic N) is 1. The van der Waals surface area contributed by atoms with E-state index in [1.165, 1.54) is 5.56 Å². The molecule has 24 heavy (non-hydrogen) atoms. The molecule has 0 spiro atoms. The Morgan fingerprint density at radius 1 is 1.12 bits per heavy atom.